The van der Waals surface area contributed by atoms with Crippen LogP contribution in [0.25, 0.3) is 0 Å². The molecule has 5 heteroatoms. The van der Waals surface area contributed by atoms with E-state index in [4.69, 9.17) is 0 Å². The molecule has 0 atom stereocenters. The number of carbonyl (C=O) groups is 2. The van der Waals surface area contributed by atoms with Crippen LogP contribution in [-0.4, -0.2) is 23.2 Å². The number of hydrogen-bond donors (Lipinski definition) is 0. The lowest BCUT2D eigenvalue weighted by Gasteiger charge is -1.97. The lowest BCUT2D eigenvalue weighted by atomic mass is 10.1. The lowest BCUT2D eigenvalue weighted by Crippen LogP contribution is -2.09. The third-order valence-corrected chi connectivity index (χ3v) is 2.30. The minimum absolute atomic E-state index is 0.213. The molecule has 0 aliphatic heterocycles. The Kier molecular flexibility index (Phi) is 3.13. The van der Waals surface area contributed by atoms with Gasteiger partial charge in [0.2, 0.25) is 0 Å². The average molecular weight is 199 g/mol. The maximum Gasteiger partial charge on any atom is 0.313 e. The highest BCUT2D eigenvalue weighted by molar-refractivity contribution is 7.03. The van der Waals surface area contributed by atoms with E-state index in [2.05, 4.69) is 9.11 Å². The summed E-state index contributed by atoms with van der Waals surface area (Å²) in [5, 5.41) is 1.64. The quantitative estimate of drug-likeness (QED) is 0.417. The molecule has 0 radical (unpaired) electrons. The standard InChI is InChI=1S/C8H9NO3S/c1-5-6(4-13-9-5)7(10)3-8(11)12-2/h4H,3H2,1-2H3. The molecule has 0 saturated heterocycles. The summed E-state index contributed by atoms with van der Waals surface area (Å²) >= 11 is 1.21. The number of hydrogen-bond acceptors (Lipinski definition) is 5. The van der Waals surface area contributed by atoms with Crippen molar-refractivity contribution in [2.24, 2.45) is 0 Å². The number of ether oxygens (including phenoxy) is 1. The molecule has 70 valence electrons. The van der Waals surface area contributed by atoms with Crippen LogP contribution in [-0.2, 0) is 9.53 Å². The largest absolute Gasteiger partial charge is 0.469 e. The maximum atomic E-state index is 11.4. The highest BCUT2D eigenvalue weighted by Gasteiger charge is 2.15. The van der Waals surface area contributed by atoms with Crippen molar-refractivity contribution < 1.29 is 14.3 Å². The first-order valence-electron chi connectivity index (χ1n) is 3.66. The van der Waals surface area contributed by atoms with Crippen molar-refractivity contribution in [3.63, 3.8) is 0 Å². The molecular weight excluding hydrogens is 190 g/mol. The van der Waals surface area contributed by atoms with E-state index in [1.165, 1.54) is 18.6 Å². The molecular formula is C8H9NO3S. The van der Waals surface area contributed by atoms with Gasteiger partial charge in [0.15, 0.2) is 5.78 Å². The molecule has 13 heavy (non-hydrogen) atoms. The summed E-state index contributed by atoms with van der Waals surface area (Å²) < 4.78 is 8.32. The van der Waals surface area contributed by atoms with Crippen LogP contribution in [0.1, 0.15) is 22.5 Å². The number of nitrogens with zero attached hydrogens (tertiary/aromatic N) is 1. The second-order valence-corrected chi connectivity index (χ2v) is 3.12. The van der Waals surface area contributed by atoms with Crippen LogP contribution in [0.2, 0.25) is 0 Å². The molecule has 1 heterocycles. The van der Waals surface area contributed by atoms with Gasteiger partial charge < -0.3 is 4.74 Å². The second kappa shape index (κ2) is 4.13. The van der Waals surface area contributed by atoms with Gasteiger partial charge in [-0.3, -0.25) is 9.59 Å². The van der Waals surface area contributed by atoms with Crippen LogP contribution in [0.5, 0.6) is 0 Å². The van der Waals surface area contributed by atoms with Gasteiger partial charge in [0.1, 0.15) is 6.42 Å². The third-order valence-electron chi connectivity index (χ3n) is 1.58. The van der Waals surface area contributed by atoms with Crippen molar-refractivity contribution in [1.29, 1.82) is 0 Å². The Morgan fingerprint density at radius 2 is 2.31 bits per heavy atom. The molecule has 0 unspecified atom stereocenters. The molecule has 0 fully saturated rings. The molecule has 4 nitrogen and oxygen atoms in total. The van der Waals surface area contributed by atoms with Crippen molar-refractivity contribution in [2.45, 2.75) is 13.3 Å². The van der Waals surface area contributed by atoms with E-state index in [-0.39, 0.29) is 12.2 Å². The highest BCUT2D eigenvalue weighted by Crippen LogP contribution is 2.11. The SMILES string of the molecule is COC(=O)CC(=O)c1csnc1C. The number of ketones is 1. The van der Waals surface area contributed by atoms with Gasteiger partial charge in [-0.25, -0.2) is 0 Å². The molecule has 0 spiro atoms. The Morgan fingerprint density at radius 3 is 2.77 bits per heavy atom. The molecule has 1 rings (SSSR count). The Hall–Kier alpha value is -1.23. The molecule has 0 aliphatic carbocycles. The van der Waals surface area contributed by atoms with Gasteiger partial charge in [-0.05, 0) is 18.5 Å². The van der Waals surface area contributed by atoms with Gasteiger partial charge in [0.25, 0.3) is 0 Å². The summed E-state index contributed by atoms with van der Waals surface area (Å²) in [6.07, 6.45) is -0.213. The second-order valence-electron chi connectivity index (χ2n) is 2.49. The van der Waals surface area contributed by atoms with Crippen molar-refractivity contribution >= 4 is 23.3 Å². The van der Waals surface area contributed by atoms with E-state index in [9.17, 15) is 9.59 Å². The van der Waals surface area contributed by atoms with Crippen LogP contribution >= 0.6 is 11.5 Å². The zero-order chi connectivity index (χ0) is 9.84. The van der Waals surface area contributed by atoms with Crippen LogP contribution in [0, 0.1) is 6.92 Å². The van der Waals surface area contributed by atoms with Gasteiger partial charge in [-0.1, -0.05) is 0 Å². The van der Waals surface area contributed by atoms with E-state index in [1.54, 1.807) is 12.3 Å². The molecule has 1 aromatic heterocycles. The molecule has 0 aliphatic rings. The van der Waals surface area contributed by atoms with Crippen LogP contribution < -0.4 is 0 Å². The number of aryl methyl sites for hydroxylation is 1. The number of aromatic nitrogens is 1. The predicted octanol–water partition coefficient (Wildman–Crippen LogP) is 1.20. The first-order valence-corrected chi connectivity index (χ1v) is 4.49. The molecule has 0 bridgehead atoms. The summed E-state index contributed by atoms with van der Waals surface area (Å²) in [6.45, 7) is 1.74. The van der Waals surface area contributed by atoms with Crippen LogP contribution in [0.15, 0.2) is 5.38 Å². The third kappa shape index (κ3) is 2.35. The number of rotatable bonds is 3. The monoisotopic (exact) mass is 199 g/mol. The number of carbonyl (C=O) groups excluding carboxylic acids is 2. The zero-order valence-electron chi connectivity index (χ0n) is 7.36. The summed E-state index contributed by atoms with van der Waals surface area (Å²) in [6, 6.07) is 0. The van der Waals surface area contributed by atoms with Crippen molar-refractivity contribution in [3.8, 4) is 0 Å². The highest BCUT2D eigenvalue weighted by atomic mass is 32.1. The predicted molar refractivity (Wildman–Crippen MR) is 47.8 cm³/mol. The Labute approximate surface area is 79.7 Å². The fourth-order valence-electron chi connectivity index (χ4n) is 0.859. The Morgan fingerprint density at radius 1 is 1.62 bits per heavy atom. The lowest BCUT2D eigenvalue weighted by molar-refractivity contribution is -0.139. The molecule has 0 N–H and O–H groups in total. The molecule has 0 saturated carbocycles. The topological polar surface area (TPSA) is 56.3 Å². The van der Waals surface area contributed by atoms with Gasteiger partial charge in [0, 0.05) is 5.38 Å². The van der Waals surface area contributed by atoms with E-state index in [0.29, 0.717) is 11.3 Å². The zero-order valence-corrected chi connectivity index (χ0v) is 8.18. The first kappa shape index (κ1) is 9.85. The van der Waals surface area contributed by atoms with Gasteiger partial charge >= 0.3 is 5.97 Å². The summed E-state index contributed by atoms with van der Waals surface area (Å²) in [5.41, 5.74) is 1.18. The van der Waals surface area contributed by atoms with Crippen molar-refractivity contribution in [3.05, 3.63) is 16.6 Å². The normalized spacial score (nSPS) is 9.69. The number of methoxy groups -OCH3 is 1. The van der Waals surface area contributed by atoms with E-state index in [0.717, 1.165) is 0 Å². The minimum Gasteiger partial charge on any atom is -0.469 e. The van der Waals surface area contributed by atoms with E-state index < -0.39 is 5.97 Å². The Balaban J connectivity index is 2.69. The maximum absolute atomic E-state index is 11.4. The van der Waals surface area contributed by atoms with Gasteiger partial charge in [-0.2, -0.15) is 4.37 Å². The van der Waals surface area contributed by atoms with Crippen molar-refractivity contribution in [2.75, 3.05) is 7.11 Å². The molecule has 0 amide bonds. The van der Waals surface area contributed by atoms with E-state index >= 15 is 0 Å². The summed E-state index contributed by atoms with van der Waals surface area (Å²) in [5.74, 6) is -0.756. The smallest absolute Gasteiger partial charge is 0.313 e. The molecule has 0 aromatic carbocycles. The number of esters is 1. The fourth-order valence-corrected chi connectivity index (χ4v) is 1.58. The first-order chi connectivity index (χ1) is 6.15. The van der Waals surface area contributed by atoms with Crippen molar-refractivity contribution in [1.82, 2.24) is 4.37 Å². The van der Waals surface area contributed by atoms with Crippen LogP contribution in [0.4, 0.5) is 0 Å². The Bertz CT molecular complexity index is 332. The van der Waals surface area contributed by atoms with Crippen LogP contribution in [0.3, 0.4) is 0 Å². The van der Waals surface area contributed by atoms with E-state index in [1.807, 2.05) is 0 Å². The fraction of sp³-hybridized carbons (Fsp3) is 0.375. The molecule has 1 aromatic rings. The summed E-state index contributed by atoms with van der Waals surface area (Å²) in [7, 11) is 1.26. The summed E-state index contributed by atoms with van der Waals surface area (Å²) in [4.78, 5) is 22.1. The number of Topliss-reactive ketones (excluding diaryl/α,β-unsaturated/α-hetero) is 1. The minimum atomic E-state index is -0.518. The van der Waals surface area contributed by atoms with Gasteiger partial charge in [-0.15, -0.1) is 0 Å². The average Bonchev–Trinajstić information content (AvgIpc) is 2.51. The van der Waals surface area contributed by atoms with Gasteiger partial charge in [0.05, 0.1) is 18.4 Å².